The van der Waals surface area contributed by atoms with Crippen LogP contribution in [0.3, 0.4) is 0 Å². The monoisotopic (exact) mass is 287 g/mol. The molecule has 0 atom stereocenters. The van der Waals surface area contributed by atoms with Crippen LogP contribution < -0.4 is 10.6 Å². The lowest BCUT2D eigenvalue weighted by Crippen LogP contribution is -2.21. The molecule has 20 heavy (non-hydrogen) atoms. The highest BCUT2D eigenvalue weighted by molar-refractivity contribution is 7.99. The van der Waals surface area contributed by atoms with E-state index in [1.54, 1.807) is 0 Å². The van der Waals surface area contributed by atoms with Crippen LogP contribution >= 0.6 is 11.8 Å². The Morgan fingerprint density at radius 3 is 2.70 bits per heavy atom. The van der Waals surface area contributed by atoms with Crippen molar-refractivity contribution in [3.05, 3.63) is 29.8 Å². The Kier molecular flexibility index (Phi) is 3.73. The first kappa shape index (κ1) is 13.2. The van der Waals surface area contributed by atoms with Gasteiger partial charge in [-0.25, -0.2) is 0 Å². The number of nitrogens with two attached hydrogens (primary N) is 1. The molecule has 104 valence electrons. The normalized spacial score (nSPS) is 14.8. The van der Waals surface area contributed by atoms with Gasteiger partial charge in [-0.1, -0.05) is 17.7 Å². The van der Waals surface area contributed by atoms with Gasteiger partial charge in [-0.15, -0.1) is 0 Å². The summed E-state index contributed by atoms with van der Waals surface area (Å²) in [7, 11) is 0. The maximum absolute atomic E-state index is 5.81. The van der Waals surface area contributed by atoms with Gasteiger partial charge in [0.15, 0.2) is 5.16 Å². The number of rotatable bonds is 3. The van der Waals surface area contributed by atoms with Crippen molar-refractivity contribution in [3.63, 3.8) is 0 Å². The number of aromatic nitrogens is 3. The van der Waals surface area contributed by atoms with Crippen molar-refractivity contribution in [1.82, 2.24) is 15.0 Å². The average molecular weight is 287 g/mol. The van der Waals surface area contributed by atoms with Gasteiger partial charge < -0.3 is 10.6 Å². The number of aryl methyl sites for hydroxylation is 1. The van der Waals surface area contributed by atoms with Crippen LogP contribution in [0, 0.1) is 6.92 Å². The molecule has 0 spiro atoms. The second-order valence-electron chi connectivity index (χ2n) is 4.89. The first-order valence-electron chi connectivity index (χ1n) is 6.72. The zero-order valence-corrected chi connectivity index (χ0v) is 12.2. The van der Waals surface area contributed by atoms with Crippen molar-refractivity contribution in [3.8, 4) is 0 Å². The topological polar surface area (TPSA) is 67.9 Å². The molecule has 1 aliphatic rings. The molecule has 1 fully saturated rings. The molecule has 0 bridgehead atoms. The van der Waals surface area contributed by atoms with Gasteiger partial charge in [-0.2, -0.15) is 15.0 Å². The first-order chi connectivity index (χ1) is 9.70. The van der Waals surface area contributed by atoms with E-state index >= 15 is 0 Å². The van der Waals surface area contributed by atoms with Gasteiger partial charge in [-0.05, 0) is 43.7 Å². The Morgan fingerprint density at radius 2 is 1.95 bits per heavy atom. The van der Waals surface area contributed by atoms with Crippen molar-refractivity contribution in [2.75, 3.05) is 23.7 Å². The number of nitrogens with zero attached hydrogens (tertiary/aromatic N) is 4. The number of nitrogen functional groups attached to an aromatic ring is 1. The molecular formula is C14H17N5S. The van der Waals surface area contributed by atoms with Crippen LogP contribution in [0.4, 0.5) is 11.9 Å². The highest BCUT2D eigenvalue weighted by Crippen LogP contribution is 2.27. The molecule has 0 radical (unpaired) electrons. The fraction of sp³-hybridized carbons (Fsp3) is 0.357. The zero-order chi connectivity index (χ0) is 13.9. The molecule has 0 amide bonds. The third-order valence-electron chi connectivity index (χ3n) is 3.21. The molecule has 0 aliphatic carbocycles. The molecule has 1 aliphatic heterocycles. The van der Waals surface area contributed by atoms with Gasteiger partial charge in [0, 0.05) is 18.0 Å². The maximum Gasteiger partial charge on any atom is 0.231 e. The molecule has 1 aromatic heterocycles. The van der Waals surface area contributed by atoms with E-state index < -0.39 is 0 Å². The van der Waals surface area contributed by atoms with Crippen LogP contribution in [-0.2, 0) is 0 Å². The summed E-state index contributed by atoms with van der Waals surface area (Å²) < 4.78 is 0. The Balaban J connectivity index is 1.85. The highest BCUT2D eigenvalue weighted by atomic mass is 32.2. The van der Waals surface area contributed by atoms with Gasteiger partial charge in [-0.3, -0.25) is 0 Å². The summed E-state index contributed by atoms with van der Waals surface area (Å²) in [5.41, 5.74) is 7.03. The Morgan fingerprint density at radius 1 is 1.15 bits per heavy atom. The van der Waals surface area contributed by atoms with Crippen molar-refractivity contribution in [2.45, 2.75) is 29.8 Å². The predicted octanol–water partition coefficient (Wildman–Crippen LogP) is 2.51. The minimum Gasteiger partial charge on any atom is -0.368 e. The van der Waals surface area contributed by atoms with Gasteiger partial charge in [0.05, 0.1) is 0 Å². The molecule has 2 N–H and O–H groups in total. The minimum absolute atomic E-state index is 0.289. The third-order valence-corrected chi connectivity index (χ3v) is 4.06. The van der Waals surface area contributed by atoms with E-state index in [1.165, 1.54) is 30.2 Å². The molecule has 1 aromatic carbocycles. The van der Waals surface area contributed by atoms with Crippen LogP contribution in [-0.4, -0.2) is 28.0 Å². The Bertz CT molecular complexity index is 610. The van der Waals surface area contributed by atoms with E-state index in [4.69, 9.17) is 5.73 Å². The Labute approximate surface area is 122 Å². The van der Waals surface area contributed by atoms with Crippen LogP contribution in [0.1, 0.15) is 18.4 Å². The van der Waals surface area contributed by atoms with E-state index in [2.05, 4.69) is 38.9 Å². The zero-order valence-electron chi connectivity index (χ0n) is 11.4. The molecular weight excluding hydrogens is 270 g/mol. The lowest BCUT2D eigenvalue weighted by atomic mass is 10.2. The fourth-order valence-electron chi connectivity index (χ4n) is 2.25. The summed E-state index contributed by atoms with van der Waals surface area (Å²) in [5.74, 6) is 0.988. The van der Waals surface area contributed by atoms with Crippen molar-refractivity contribution in [1.29, 1.82) is 0 Å². The lowest BCUT2D eigenvalue weighted by Gasteiger charge is -2.15. The second kappa shape index (κ2) is 5.66. The fourth-order valence-corrected chi connectivity index (χ4v) is 3.12. The quantitative estimate of drug-likeness (QED) is 0.935. The third kappa shape index (κ3) is 3.01. The van der Waals surface area contributed by atoms with Gasteiger partial charge in [0.1, 0.15) is 0 Å². The van der Waals surface area contributed by atoms with Crippen molar-refractivity contribution in [2.24, 2.45) is 0 Å². The summed E-state index contributed by atoms with van der Waals surface area (Å²) >= 11 is 1.52. The maximum atomic E-state index is 5.81. The van der Waals surface area contributed by atoms with Gasteiger partial charge in [0.25, 0.3) is 0 Å². The largest absolute Gasteiger partial charge is 0.368 e. The van der Waals surface area contributed by atoms with E-state index in [9.17, 15) is 0 Å². The number of hydrogen-bond donors (Lipinski definition) is 1. The molecule has 1 saturated heterocycles. The molecule has 0 unspecified atom stereocenters. The van der Waals surface area contributed by atoms with Gasteiger partial charge >= 0.3 is 0 Å². The van der Waals surface area contributed by atoms with Crippen LogP contribution in [0.2, 0.25) is 0 Å². The minimum atomic E-state index is 0.289. The number of benzene rings is 1. The lowest BCUT2D eigenvalue weighted by molar-refractivity contribution is 0.834. The molecule has 2 heterocycles. The summed E-state index contributed by atoms with van der Waals surface area (Å²) in [6.07, 6.45) is 2.37. The highest BCUT2D eigenvalue weighted by Gasteiger charge is 2.17. The van der Waals surface area contributed by atoms with Crippen LogP contribution in [0.15, 0.2) is 34.3 Å². The molecule has 3 rings (SSSR count). The first-order valence-corrected chi connectivity index (χ1v) is 7.53. The van der Waals surface area contributed by atoms with Crippen molar-refractivity contribution >= 4 is 23.7 Å². The van der Waals surface area contributed by atoms with E-state index in [-0.39, 0.29) is 5.95 Å². The summed E-state index contributed by atoms with van der Waals surface area (Å²) in [6, 6.07) is 8.26. The Hall–Kier alpha value is -1.82. The smallest absolute Gasteiger partial charge is 0.231 e. The van der Waals surface area contributed by atoms with Crippen LogP contribution in [0.5, 0.6) is 0 Å². The second-order valence-corrected chi connectivity index (χ2v) is 5.93. The standard InChI is InChI=1S/C14H17N5S/c1-10-5-4-6-11(9-10)20-14-17-12(15)16-13(18-14)19-7-2-3-8-19/h4-6,9H,2-3,7-8H2,1H3,(H2,15,16,17,18). The van der Waals surface area contributed by atoms with E-state index in [1.807, 2.05) is 12.1 Å². The summed E-state index contributed by atoms with van der Waals surface area (Å²) in [6.45, 7) is 4.07. The molecule has 5 nitrogen and oxygen atoms in total. The van der Waals surface area contributed by atoms with E-state index in [0.717, 1.165) is 18.0 Å². The van der Waals surface area contributed by atoms with Crippen LogP contribution in [0.25, 0.3) is 0 Å². The number of anilines is 2. The SMILES string of the molecule is Cc1cccc(Sc2nc(N)nc(N3CCCC3)n2)c1. The molecule has 2 aromatic rings. The van der Waals surface area contributed by atoms with E-state index in [0.29, 0.717) is 11.1 Å². The van der Waals surface area contributed by atoms with Crippen molar-refractivity contribution < 1.29 is 0 Å². The van der Waals surface area contributed by atoms with Gasteiger partial charge in [0.2, 0.25) is 11.9 Å². The summed E-state index contributed by atoms with van der Waals surface area (Å²) in [4.78, 5) is 16.3. The summed E-state index contributed by atoms with van der Waals surface area (Å²) in [5, 5.41) is 0.657. The molecule has 6 heteroatoms. The average Bonchev–Trinajstić information content (AvgIpc) is 2.91. The number of hydrogen-bond acceptors (Lipinski definition) is 6. The predicted molar refractivity (Wildman–Crippen MR) is 81.0 cm³/mol. The molecule has 0 saturated carbocycles.